The predicted molar refractivity (Wildman–Crippen MR) is 123 cm³/mol. The number of primary amides is 1. The molecule has 2 aromatic carbocycles. The number of guanidine groups is 1. The Labute approximate surface area is 191 Å². The number of aliphatic imine (C=N–C) groups is 1. The van der Waals surface area contributed by atoms with Crippen LogP contribution >= 0.6 is 0 Å². The maximum atomic E-state index is 13.4. The molecule has 1 heterocycles. The van der Waals surface area contributed by atoms with Gasteiger partial charge in [-0.3, -0.25) is 10.1 Å². The second kappa shape index (κ2) is 10.5. The van der Waals surface area contributed by atoms with Gasteiger partial charge in [-0.1, -0.05) is 26.0 Å². The Morgan fingerprint density at radius 1 is 1.21 bits per heavy atom. The molecule has 0 saturated carbocycles. The number of nitrogens with zero attached hydrogens (tertiary/aromatic N) is 4. The summed E-state index contributed by atoms with van der Waals surface area (Å²) < 4.78 is 13.4. The molecule has 1 aliphatic rings. The van der Waals surface area contributed by atoms with Gasteiger partial charge in [0, 0.05) is 30.9 Å². The molecule has 1 saturated heterocycles. The molecule has 3 amide bonds. The largest absolute Gasteiger partial charge is 0.366 e. The maximum Gasteiger partial charge on any atom is 0.321 e. The highest BCUT2D eigenvalue weighted by Crippen LogP contribution is 2.21. The van der Waals surface area contributed by atoms with Gasteiger partial charge in [0.25, 0.3) is 0 Å². The molecule has 1 atom stereocenters. The average Bonchev–Trinajstić information content (AvgIpc) is 2.78. The Kier molecular flexibility index (Phi) is 7.46. The number of amides is 3. The number of hydrogen-bond donors (Lipinski definition) is 3. The number of nitrogens with one attached hydrogen (secondary N) is 2. The third-order valence-corrected chi connectivity index (χ3v) is 5.36. The summed E-state index contributed by atoms with van der Waals surface area (Å²) in [5, 5.41) is 14.6. The first-order valence-corrected chi connectivity index (χ1v) is 10.5. The lowest BCUT2D eigenvalue weighted by molar-refractivity contribution is 0.1000. The molecule has 3 rings (SSSR count). The van der Waals surface area contributed by atoms with Crippen LogP contribution in [0.5, 0.6) is 0 Å². The van der Waals surface area contributed by atoms with E-state index >= 15 is 0 Å². The van der Waals surface area contributed by atoms with Crippen LogP contribution in [0.1, 0.15) is 24.2 Å². The first-order chi connectivity index (χ1) is 15.8. The van der Waals surface area contributed by atoms with E-state index in [1.54, 1.807) is 35.2 Å². The molecular formula is C23H26FN7O2. The van der Waals surface area contributed by atoms with Crippen molar-refractivity contribution in [3.63, 3.8) is 0 Å². The number of carbonyl (C=O) groups excluding carboxylic acids is 2. The van der Waals surface area contributed by atoms with E-state index in [0.29, 0.717) is 42.5 Å². The van der Waals surface area contributed by atoms with Crippen LogP contribution in [0.25, 0.3) is 0 Å². The number of carbonyl (C=O) groups is 2. The number of halogens is 1. The molecule has 0 spiro atoms. The summed E-state index contributed by atoms with van der Waals surface area (Å²) >= 11 is 0. The van der Waals surface area contributed by atoms with E-state index in [4.69, 9.17) is 5.73 Å². The lowest BCUT2D eigenvalue weighted by Gasteiger charge is -2.44. The van der Waals surface area contributed by atoms with Gasteiger partial charge in [-0.2, -0.15) is 5.26 Å². The second-order valence-corrected chi connectivity index (χ2v) is 7.98. The fourth-order valence-corrected chi connectivity index (χ4v) is 3.66. The third-order valence-electron chi connectivity index (χ3n) is 5.36. The molecule has 0 bridgehead atoms. The van der Waals surface area contributed by atoms with E-state index < -0.39 is 11.7 Å². The number of nitriles is 1. The van der Waals surface area contributed by atoms with E-state index in [2.05, 4.69) is 15.6 Å². The van der Waals surface area contributed by atoms with Crippen LogP contribution in [0.2, 0.25) is 0 Å². The molecule has 1 fully saturated rings. The molecule has 4 N–H and O–H groups in total. The van der Waals surface area contributed by atoms with Gasteiger partial charge in [-0.15, -0.1) is 0 Å². The standard InChI is InChI=1S/C23H26FN7O2/c1-15(2)20-13-30(23(33)29-19-8-4-6-17(24)12-19)9-10-31(20)22(27-14-25)28-18-7-3-5-16(11-18)21(26)32/h3-8,11-12,15,20H,9-10,13H2,1-2H3,(H2,26,32)(H,27,28)(H,29,33). The summed E-state index contributed by atoms with van der Waals surface area (Å²) in [4.78, 5) is 32.4. The summed E-state index contributed by atoms with van der Waals surface area (Å²) in [7, 11) is 0. The summed E-state index contributed by atoms with van der Waals surface area (Å²) in [6, 6.07) is 11.8. The van der Waals surface area contributed by atoms with E-state index in [9.17, 15) is 19.2 Å². The van der Waals surface area contributed by atoms with Gasteiger partial charge in [-0.05, 0) is 42.3 Å². The van der Waals surface area contributed by atoms with Gasteiger partial charge >= 0.3 is 6.03 Å². The normalized spacial score (nSPS) is 16.3. The summed E-state index contributed by atoms with van der Waals surface area (Å²) in [6.45, 7) is 5.21. The summed E-state index contributed by atoms with van der Waals surface area (Å²) in [5.74, 6) is -0.554. The number of anilines is 1. The first kappa shape index (κ1) is 23.5. The van der Waals surface area contributed by atoms with Crippen LogP contribution in [0.15, 0.2) is 53.5 Å². The number of benzene rings is 2. The second-order valence-electron chi connectivity index (χ2n) is 7.98. The van der Waals surface area contributed by atoms with Crippen LogP contribution in [0.3, 0.4) is 0 Å². The Balaban J connectivity index is 1.80. The molecule has 1 aliphatic heterocycles. The average molecular weight is 452 g/mol. The first-order valence-electron chi connectivity index (χ1n) is 10.5. The van der Waals surface area contributed by atoms with Crippen molar-refractivity contribution in [1.82, 2.24) is 15.1 Å². The van der Waals surface area contributed by atoms with Crippen LogP contribution in [0, 0.1) is 23.2 Å². The highest BCUT2D eigenvalue weighted by molar-refractivity contribution is 5.94. The predicted octanol–water partition coefficient (Wildman–Crippen LogP) is 2.86. The molecular weight excluding hydrogens is 425 g/mol. The lowest BCUT2D eigenvalue weighted by atomic mass is 10.00. The molecule has 1 unspecified atom stereocenters. The van der Waals surface area contributed by atoms with Crippen molar-refractivity contribution in [2.45, 2.75) is 19.9 Å². The van der Waals surface area contributed by atoms with Crippen molar-refractivity contribution in [1.29, 1.82) is 5.26 Å². The van der Waals surface area contributed by atoms with Gasteiger partial charge < -0.3 is 20.9 Å². The number of rotatable bonds is 4. The van der Waals surface area contributed by atoms with Crippen LogP contribution < -0.4 is 16.4 Å². The van der Waals surface area contributed by atoms with Gasteiger partial charge in [0.15, 0.2) is 6.19 Å². The Bertz CT molecular complexity index is 1100. The minimum atomic E-state index is -0.570. The topological polar surface area (TPSA) is 127 Å². The highest BCUT2D eigenvalue weighted by Gasteiger charge is 2.33. The van der Waals surface area contributed by atoms with E-state index in [1.165, 1.54) is 18.2 Å². The third kappa shape index (κ3) is 5.98. The SMILES string of the molecule is CC(C)C1CN(C(=O)Nc2cccc(F)c2)CCN1C(=Nc1cccc(C(N)=O)c1)NC#N. The van der Waals surface area contributed by atoms with Crippen molar-refractivity contribution in [2.24, 2.45) is 16.6 Å². The van der Waals surface area contributed by atoms with E-state index in [1.807, 2.05) is 24.9 Å². The zero-order valence-corrected chi connectivity index (χ0v) is 18.5. The van der Waals surface area contributed by atoms with Crippen molar-refractivity contribution >= 4 is 29.3 Å². The summed E-state index contributed by atoms with van der Waals surface area (Å²) in [5.41, 5.74) is 6.52. The van der Waals surface area contributed by atoms with Gasteiger partial charge in [0.2, 0.25) is 11.9 Å². The molecule has 10 heteroatoms. The van der Waals surface area contributed by atoms with Crippen molar-refractivity contribution in [2.75, 3.05) is 25.0 Å². The van der Waals surface area contributed by atoms with Crippen LogP contribution in [-0.2, 0) is 0 Å². The van der Waals surface area contributed by atoms with Gasteiger partial charge in [0.1, 0.15) is 5.82 Å². The van der Waals surface area contributed by atoms with Crippen LogP contribution in [0.4, 0.5) is 20.6 Å². The molecule has 33 heavy (non-hydrogen) atoms. The number of hydrogen-bond acceptors (Lipinski definition) is 4. The Morgan fingerprint density at radius 3 is 2.64 bits per heavy atom. The van der Waals surface area contributed by atoms with Crippen molar-refractivity contribution in [3.05, 3.63) is 59.9 Å². The van der Waals surface area contributed by atoms with E-state index in [0.717, 1.165) is 0 Å². The van der Waals surface area contributed by atoms with Crippen molar-refractivity contribution < 1.29 is 14.0 Å². The number of urea groups is 1. The minimum Gasteiger partial charge on any atom is -0.366 e. The fraction of sp³-hybridized carbons (Fsp3) is 0.304. The maximum absolute atomic E-state index is 13.4. The molecule has 0 radical (unpaired) electrons. The lowest BCUT2D eigenvalue weighted by Crippen LogP contribution is -2.60. The molecule has 9 nitrogen and oxygen atoms in total. The Hall–Kier alpha value is -4.13. The molecule has 172 valence electrons. The molecule has 0 aromatic heterocycles. The minimum absolute atomic E-state index is 0.123. The monoisotopic (exact) mass is 451 g/mol. The smallest absolute Gasteiger partial charge is 0.321 e. The molecule has 0 aliphatic carbocycles. The van der Waals surface area contributed by atoms with Gasteiger partial charge in [-0.25, -0.2) is 14.2 Å². The highest BCUT2D eigenvalue weighted by atomic mass is 19.1. The number of piperazine rings is 1. The van der Waals surface area contributed by atoms with Gasteiger partial charge in [0.05, 0.1) is 11.7 Å². The zero-order chi connectivity index (χ0) is 24.0. The Morgan fingerprint density at radius 2 is 1.97 bits per heavy atom. The molecule has 2 aromatic rings. The quantitative estimate of drug-likeness (QED) is 0.285. The van der Waals surface area contributed by atoms with Crippen molar-refractivity contribution in [3.8, 4) is 6.19 Å². The summed E-state index contributed by atoms with van der Waals surface area (Å²) in [6.07, 6.45) is 1.91. The number of nitrogens with two attached hydrogens (primary N) is 1. The fourth-order valence-electron chi connectivity index (χ4n) is 3.66. The van der Waals surface area contributed by atoms with E-state index in [-0.39, 0.29) is 18.0 Å². The van der Waals surface area contributed by atoms with Crippen LogP contribution in [-0.4, -0.2) is 53.4 Å². The zero-order valence-electron chi connectivity index (χ0n) is 18.5.